The molecule has 4 rings (SSSR count). The summed E-state index contributed by atoms with van der Waals surface area (Å²) in [6.45, 7) is 2.93. The van der Waals surface area contributed by atoms with Gasteiger partial charge in [0.15, 0.2) is 11.0 Å². The van der Waals surface area contributed by atoms with Crippen molar-refractivity contribution < 1.29 is 0 Å². The summed E-state index contributed by atoms with van der Waals surface area (Å²) in [7, 11) is 0. The minimum Gasteiger partial charge on any atom is -0.302 e. The van der Waals surface area contributed by atoms with Crippen molar-refractivity contribution in [1.82, 2.24) is 24.7 Å². The Kier molecular flexibility index (Phi) is 5.60. The molecule has 0 radical (unpaired) electrons. The van der Waals surface area contributed by atoms with Gasteiger partial charge in [-0.05, 0) is 24.6 Å². The fourth-order valence-electron chi connectivity index (χ4n) is 2.80. The van der Waals surface area contributed by atoms with Crippen LogP contribution in [0.15, 0.2) is 65.4 Å². The lowest BCUT2D eigenvalue weighted by Crippen LogP contribution is -2.00. The van der Waals surface area contributed by atoms with Crippen molar-refractivity contribution in [3.05, 3.63) is 76.5 Å². The molecule has 0 unspecified atom stereocenters. The second kappa shape index (κ2) is 8.45. The summed E-state index contributed by atoms with van der Waals surface area (Å²) >= 11 is 3.40. The zero-order valence-electron chi connectivity index (χ0n) is 14.9. The van der Waals surface area contributed by atoms with Gasteiger partial charge in [0.2, 0.25) is 0 Å². The van der Waals surface area contributed by atoms with E-state index in [0.717, 1.165) is 46.0 Å². The smallest absolute Gasteiger partial charge is 0.191 e. The first kappa shape index (κ1) is 17.9. The predicted molar refractivity (Wildman–Crippen MR) is 110 cm³/mol. The summed E-state index contributed by atoms with van der Waals surface area (Å²) in [6.07, 6.45) is 4.44. The largest absolute Gasteiger partial charge is 0.302 e. The molecule has 1 aromatic carbocycles. The number of thiazole rings is 1. The van der Waals surface area contributed by atoms with E-state index in [1.807, 2.05) is 18.2 Å². The molecule has 0 N–H and O–H groups in total. The van der Waals surface area contributed by atoms with Gasteiger partial charge in [0.25, 0.3) is 0 Å². The van der Waals surface area contributed by atoms with Crippen molar-refractivity contribution in [3.63, 3.8) is 0 Å². The van der Waals surface area contributed by atoms with Gasteiger partial charge in [0, 0.05) is 42.1 Å². The van der Waals surface area contributed by atoms with E-state index in [9.17, 15) is 0 Å². The Bertz CT molecular complexity index is 996. The van der Waals surface area contributed by atoms with Gasteiger partial charge in [-0.3, -0.25) is 4.98 Å². The van der Waals surface area contributed by atoms with Crippen molar-refractivity contribution in [3.8, 4) is 11.4 Å². The lowest BCUT2D eigenvalue weighted by Gasteiger charge is -2.06. The molecule has 0 aliphatic carbocycles. The number of pyridine rings is 1. The molecule has 7 heteroatoms. The summed E-state index contributed by atoms with van der Waals surface area (Å²) in [4.78, 5) is 8.84. The normalized spacial score (nSPS) is 11.0. The summed E-state index contributed by atoms with van der Waals surface area (Å²) in [5.41, 5.74) is 3.41. The number of hydrogen-bond donors (Lipinski definition) is 0. The Morgan fingerprint density at radius 2 is 1.85 bits per heavy atom. The Balaban J connectivity index is 1.44. The molecule has 0 fully saturated rings. The van der Waals surface area contributed by atoms with E-state index >= 15 is 0 Å². The number of rotatable bonds is 7. The zero-order valence-corrected chi connectivity index (χ0v) is 16.6. The zero-order chi connectivity index (χ0) is 18.5. The van der Waals surface area contributed by atoms with Crippen LogP contribution in [0, 0.1) is 0 Å². The Labute approximate surface area is 166 Å². The summed E-state index contributed by atoms with van der Waals surface area (Å²) in [6, 6.07) is 14.4. The van der Waals surface area contributed by atoms with Gasteiger partial charge in [0.1, 0.15) is 0 Å². The molecule has 0 saturated carbocycles. The molecule has 0 aliphatic rings. The SMILES string of the molecule is CCn1c(SCc2csc(Cc3ccccc3)n2)nnc1-c1ccncc1. The van der Waals surface area contributed by atoms with Gasteiger partial charge >= 0.3 is 0 Å². The first-order valence-corrected chi connectivity index (χ1v) is 10.6. The van der Waals surface area contributed by atoms with Crippen molar-refractivity contribution in [1.29, 1.82) is 0 Å². The topological polar surface area (TPSA) is 56.5 Å². The Morgan fingerprint density at radius 1 is 1.04 bits per heavy atom. The van der Waals surface area contributed by atoms with Crippen molar-refractivity contribution in [2.45, 2.75) is 30.8 Å². The van der Waals surface area contributed by atoms with E-state index in [2.05, 4.69) is 56.3 Å². The highest BCUT2D eigenvalue weighted by Crippen LogP contribution is 2.27. The minimum atomic E-state index is 0.791. The first-order valence-electron chi connectivity index (χ1n) is 8.77. The maximum absolute atomic E-state index is 4.77. The molecule has 0 amide bonds. The molecule has 4 aromatic rings. The Morgan fingerprint density at radius 3 is 2.63 bits per heavy atom. The van der Waals surface area contributed by atoms with Gasteiger partial charge in [0.05, 0.1) is 10.7 Å². The van der Waals surface area contributed by atoms with Crippen molar-refractivity contribution in [2.75, 3.05) is 0 Å². The van der Waals surface area contributed by atoms with Crippen LogP contribution < -0.4 is 0 Å². The van der Waals surface area contributed by atoms with Crippen LogP contribution in [0.3, 0.4) is 0 Å². The van der Waals surface area contributed by atoms with Gasteiger partial charge in [-0.2, -0.15) is 0 Å². The third-order valence-electron chi connectivity index (χ3n) is 4.12. The standard InChI is InChI=1S/C20H19N5S2/c1-2-25-19(16-8-10-21-11-9-16)23-24-20(25)27-14-17-13-26-18(22-17)12-15-6-4-3-5-7-15/h3-11,13H,2,12,14H2,1H3. The molecule has 136 valence electrons. The molecular formula is C20H19N5S2. The second-order valence-electron chi connectivity index (χ2n) is 5.97. The average molecular weight is 394 g/mol. The molecule has 0 saturated heterocycles. The quantitative estimate of drug-likeness (QED) is 0.426. The van der Waals surface area contributed by atoms with Crippen LogP contribution in [-0.2, 0) is 18.7 Å². The molecule has 0 atom stereocenters. The molecule has 3 heterocycles. The number of hydrogen-bond acceptors (Lipinski definition) is 6. The van der Waals surface area contributed by atoms with E-state index < -0.39 is 0 Å². The molecule has 5 nitrogen and oxygen atoms in total. The monoisotopic (exact) mass is 393 g/mol. The van der Waals surface area contributed by atoms with Crippen LogP contribution in [-0.4, -0.2) is 24.7 Å². The summed E-state index contributed by atoms with van der Waals surface area (Å²) in [5.74, 6) is 1.67. The number of thioether (sulfide) groups is 1. The molecule has 0 spiro atoms. The summed E-state index contributed by atoms with van der Waals surface area (Å²) in [5, 5.41) is 13.0. The lowest BCUT2D eigenvalue weighted by atomic mass is 10.2. The van der Waals surface area contributed by atoms with Crippen LogP contribution in [0.4, 0.5) is 0 Å². The average Bonchev–Trinajstić information content (AvgIpc) is 3.34. The second-order valence-corrected chi connectivity index (χ2v) is 7.86. The highest BCUT2D eigenvalue weighted by Gasteiger charge is 2.14. The van der Waals surface area contributed by atoms with E-state index in [-0.39, 0.29) is 0 Å². The van der Waals surface area contributed by atoms with Gasteiger partial charge < -0.3 is 4.57 Å². The third-order valence-corrected chi connectivity index (χ3v) is 6.02. The van der Waals surface area contributed by atoms with E-state index in [4.69, 9.17) is 4.98 Å². The van der Waals surface area contributed by atoms with E-state index in [1.54, 1.807) is 35.5 Å². The number of benzene rings is 1. The van der Waals surface area contributed by atoms with Crippen molar-refractivity contribution in [2.24, 2.45) is 0 Å². The van der Waals surface area contributed by atoms with E-state index in [1.165, 1.54) is 5.56 Å². The maximum Gasteiger partial charge on any atom is 0.191 e. The van der Waals surface area contributed by atoms with E-state index in [0.29, 0.717) is 0 Å². The van der Waals surface area contributed by atoms with Crippen LogP contribution in [0.5, 0.6) is 0 Å². The molecule has 3 aromatic heterocycles. The van der Waals surface area contributed by atoms with Crippen LogP contribution >= 0.6 is 23.1 Å². The predicted octanol–water partition coefficient (Wildman–Crippen LogP) is 4.70. The third kappa shape index (κ3) is 4.26. The number of nitrogens with zero attached hydrogens (tertiary/aromatic N) is 5. The fraction of sp³-hybridized carbons (Fsp3) is 0.200. The molecule has 0 bridgehead atoms. The summed E-state index contributed by atoms with van der Waals surface area (Å²) < 4.78 is 2.14. The molecule has 27 heavy (non-hydrogen) atoms. The van der Waals surface area contributed by atoms with Crippen LogP contribution in [0.2, 0.25) is 0 Å². The maximum atomic E-state index is 4.77. The van der Waals surface area contributed by atoms with Gasteiger partial charge in [-0.25, -0.2) is 4.98 Å². The highest BCUT2D eigenvalue weighted by molar-refractivity contribution is 7.98. The molecule has 0 aliphatic heterocycles. The Hall–Kier alpha value is -2.51. The highest BCUT2D eigenvalue weighted by atomic mass is 32.2. The fourth-order valence-corrected chi connectivity index (χ4v) is 4.63. The van der Waals surface area contributed by atoms with Crippen LogP contribution in [0.25, 0.3) is 11.4 Å². The van der Waals surface area contributed by atoms with Gasteiger partial charge in [-0.1, -0.05) is 42.1 Å². The van der Waals surface area contributed by atoms with Gasteiger partial charge in [-0.15, -0.1) is 21.5 Å². The lowest BCUT2D eigenvalue weighted by molar-refractivity contribution is 0.687. The first-order chi connectivity index (χ1) is 13.3. The molecular weight excluding hydrogens is 374 g/mol. The van der Waals surface area contributed by atoms with Crippen molar-refractivity contribution >= 4 is 23.1 Å². The minimum absolute atomic E-state index is 0.791. The van der Waals surface area contributed by atoms with Crippen LogP contribution in [0.1, 0.15) is 23.2 Å². The number of aromatic nitrogens is 5.